The Labute approximate surface area is 189 Å². The number of hydrogen-bond donors (Lipinski definition) is 1. The van der Waals surface area contributed by atoms with Crippen LogP contribution in [0.25, 0.3) is 16.0 Å². The molecule has 1 unspecified atom stereocenters. The molecule has 0 saturated carbocycles. The van der Waals surface area contributed by atoms with Crippen molar-refractivity contribution in [3.05, 3.63) is 101 Å². The van der Waals surface area contributed by atoms with Crippen LogP contribution in [0.3, 0.4) is 0 Å². The maximum absolute atomic E-state index is 14.9. The van der Waals surface area contributed by atoms with Crippen molar-refractivity contribution in [1.82, 2.24) is 4.98 Å². The molecule has 33 heavy (non-hydrogen) atoms. The number of benzene rings is 3. The maximum Gasteiger partial charge on any atom is 0.301 e. The lowest BCUT2D eigenvalue weighted by atomic mass is 9.95. The fourth-order valence-electron chi connectivity index (χ4n) is 3.79. The molecule has 5 rings (SSSR count). The van der Waals surface area contributed by atoms with Gasteiger partial charge in [-0.1, -0.05) is 47.7 Å². The molecular formula is C24H13F3N2O3S. The first-order chi connectivity index (χ1) is 15.8. The van der Waals surface area contributed by atoms with Crippen LogP contribution in [0.4, 0.5) is 18.3 Å². The smallest absolute Gasteiger partial charge is 0.301 e. The summed E-state index contributed by atoms with van der Waals surface area (Å²) in [6.07, 6.45) is 0. The van der Waals surface area contributed by atoms with E-state index in [-0.39, 0.29) is 21.8 Å². The van der Waals surface area contributed by atoms with Crippen molar-refractivity contribution in [2.45, 2.75) is 6.04 Å². The molecule has 2 heterocycles. The van der Waals surface area contributed by atoms with E-state index in [0.717, 1.165) is 28.4 Å². The molecule has 1 aliphatic rings. The molecule has 0 aliphatic carbocycles. The zero-order chi connectivity index (χ0) is 23.3. The Bertz CT molecular complexity index is 1470. The third kappa shape index (κ3) is 3.46. The second kappa shape index (κ2) is 7.86. The van der Waals surface area contributed by atoms with Crippen molar-refractivity contribution in [1.29, 1.82) is 0 Å². The van der Waals surface area contributed by atoms with Crippen LogP contribution in [-0.2, 0) is 9.59 Å². The van der Waals surface area contributed by atoms with Crippen LogP contribution in [0.2, 0.25) is 0 Å². The lowest BCUT2D eigenvalue weighted by Gasteiger charge is -2.23. The van der Waals surface area contributed by atoms with Gasteiger partial charge in [0.25, 0.3) is 5.78 Å². The highest BCUT2D eigenvalue weighted by molar-refractivity contribution is 7.22. The van der Waals surface area contributed by atoms with Gasteiger partial charge >= 0.3 is 5.91 Å². The number of thiazole rings is 1. The van der Waals surface area contributed by atoms with E-state index >= 15 is 0 Å². The van der Waals surface area contributed by atoms with E-state index in [9.17, 15) is 27.9 Å². The minimum absolute atomic E-state index is 0.0125. The number of nitrogens with zero attached hydrogens (tertiary/aromatic N) is 2. The third-order valence-corrected chi connectivity index (χ3v) is 6.31. The Hall–Kier alpha value is -3.98. The monoisotopic (exact) mass is 466 g/mol. The Morgan fingerprint density at radius 2 is 1.64 bits per heavy atom. The lowest BCUT2D eigenvalue weighted by Crippen LogP contribution is -2.29. The summed E-state index contributed by atoms with van der Waals surface area (Å²) in [5, 5.41) is 11.0. The minimum atomic E-state index is -1.41. The number of Topliss-reactive ketones (excluding diaryl/α,β-unsaturated/α-hetero) is 1. The quantitative estimate of drug-likeness (QED) is 0.251. The average Bonchev–Trinajstić information content (AvgIpc) is 3.32. The number of halogens is 3. The molecule has 4 aromatic rings. The van der Waals surface area contributed by atoms with Crippen LogP contribution < -0.4 is 4.90 Å². The second-order valence-corrected chi connectivity index (χ2v) is 8.32. The maximum atomic E-state index is 14.9. The van der Waals surface area contributed by atoms with E-state index in [1.807, 2.05) is 0 Å². The topological polar surface area (TPSA) is 70.5 Å². The molecule has 164 valence electrons. The molecule has 0 bridgehead atoms. The standard InChI is InChI=1S/C24H13F3N2O3S/c25-13-6-8-15(16(27)10-13)20-19(21(30)12-4-2-1-3-5-12)22(31)23(32)29(20)24-28-17-9-7-14(26)11-18(17)33-24/h1-11,20,30H/b21-19+. The summed E-state index contributed by atoms with van der Waals surface area (Å²) >= 11 is 0.932. The zero-order valence-corrected chi connectivity index (χ0v) is 17.4. The van der Waals surface area contributed by atoms with Crippen LogP contribution in [0, 0.1) is 17.5 Å². The van der Waals surface area contributed by atoms with Crippen LogP contribution in [0.15, 0.2) is 72.3 Å². The Kier molecular flexibility index (Phi) is 4.98. The van der Waals surface area contributed by atoms with Gasteiger partial charge in [-0.05, 0) is 24.3 Å². The van der Waals surface area contributed by atoms with Crippen LogP contribution >= 0.6 is 11.3 Å². The van der Waals surface area contributed by atoms with Crippen molar-refractivity contribution in [2.24, 2.45) is 0 Å². The van der Waals surface area contributed by atoms with Crippen molar-refractivity contribution in [2.75, 3.05) is 4.90 Å². The Morgan fingerprint density at radius 1 is 0.939 bits per heavy atom. The summed E-state index contributed by atoms with van der Waals surface area (Å²) in [6.45, 7) is 0. The molecular weight excluding hydrogens is 453 g/mol. The van der Waals surface area contributed by atoms with Gasteiger partial charge in [0.1, 0.15) is 29.3 Å². The number of hydrogen-bond acceptors (Lipinski definition) is 5. The molecule has 0 spiro atoms. The van der Waals surface area contributed by atoms with E-state index in [1.54, 1.807) is 18.2 Å². The highest BCUT2D eigenvalue weighted by atomic mass is 32.1. The van der Waals surface area contributed by atoms with Gasteiger partial charge in [-0.15, -0.1) is 0 Å². The van der Waals surface area contributed by atoms with Crippen LogP contribution in [-0.4, -0.2) is 21.8 Å². The minimum Gasteiger partial charge on any atom is -0.507 e. The number of rotatable bonds is 3. The normalized spacial score (nSPS) is 17.8. The molecule has 3 aromatic carbocycles. The van der Waals surface area contributed by atoms with Gasteiger partial charge in [-0.25, -0.2) is 18.2 Å². The number of anilines is 1. The molecule has 1 fully saturated rings. The van der Waals surface area contributed by atoms with E-state index in [4.69, 9.17) is 0 Å². The third-order valence-electron chi connectivity index (χ3n) is 5.29. The van der Waals surface area contributed by atoms with E-state index in [0.29, 0.717) is 16.3 Å². The SMILES string of the molecule is O=C1C(=O)N(c2nc3ccc(F)cc3s2)C(c2ccc(F)cc2F)/C1=C(\O)c1ccccc1. The van der Waals surface area contributed by atoms with Gasteiger partial charge in [-0.2, -0.15) is 0 Å². The first-order valence-electron chi connectivity index (χ1n) is 9.72. The van der Waals surface area contributed by atoms with Crippen molar-refractivity contribution in [3.8, 4) is 0 Å². The van der Waals surface area contributed by atoms with E-state index in [1.165, 1.54) is 30.3 Å². The van der Waals surface area contributed by atoms with Gasteiger partial charge in [0, 0.05) is 17.2 Å². The number of ketones is 1. The second-order valence-electron chi connectivity index (χ2n) is 7.31. The lowest BCUT2D eigenvalue weighted by molar-refractivity contribution is -0.132. The molecule has 1 amide bonds. The van der Waals surface area contributed by atoms with Gasteiger partial charge < -0.3 is 5.11 Å². The summed E-state index contributed by atoms with van der Waals surface area (Å²) in [4.78, 5) is 31.4. The fraction of sp³-hybridized carbons (Fsp3) is 0.0417. The predicted molar refractivity (Wildman–Crippen MR) is 117 cm³/mol. The van der Waals surface area contributed by atoms with Crippen LogP contribution in [0.1, 0.15) is 17.2 Å². The Balaban J connectivity index is 1.76. The van der Waals surface area contributed by atoms with Gasteiger partial charge in [0.2, 0.25) is 0 Å². The zero-order valence-electron chi connectivity index (χ0n) is 16.6. The fourth-order valence-corrected chi connectivity index (χ4v) is 4.81. The predicted octanol–water partition coefficient (Wildman–Crippen LogP) is 5.34. The summed E-state index contributed by atoms with van der Waals surface area (Å²) in [7, 11) is 0. The molecule has 0 radical (unpaired) electrons. The summed E-state index contributed by atoms with van der Waals surface area (Å²) in [6, 6.07) is 13.2. The number of aliphatic hydroxyl groups is 1. The van der Waals surface area contributed by atoms with Crippen molar-refractivity contribution < 1.29 is 27.9 Å². The molecule has 1 N–H and O–H groups in total. The van der Waals surface area contributed by atoms with Gasteiger partial charge in [0.05, 0.1) is 15.8 Å². The van der Waals surface area contributed by atoms with E-state index in [2.05, 4.69) is 4.98 Å². The van der Waals surface area contributed by atoms with Crippen molar-refractivity contribution in [3.63, 3.8) is 0 Å². The molecule has 5 nitrogen and oxygen atoms in total. The molecule has 1 saturated heterocycles. The largest absolute Gasteiger partial charge is 0.507 e. The molecule has 9 heteroatoms. The number of aromatic nitrogens is 1. The van der Waals surface area contributed by atoms with Crippen molar-refractivity contribution >= 4 is 44.1 Å². The molecule has 1 atom stereocenters. The molecule has 1 aliphatic heterocycles. The first-order valence-corrected chi connectivity index (χ1v) is 10.5. The number of fused-ring (bicyclic) bond motifs is 1. The van der Waals surface area contributed by atoms with Gasteiger partial charge in [0.15, 0.2) is 5.13 Å². The summed E-state index contributed by atoms with van der Waals surface area (Å²) in [5.41, 5.74) is 0.0646. The van der Waals surface area contributed by atoms with Gasteiger partial charge in [-0.3, -0.25) is 14.5 Å². The number of amides is 1. The Morgan fingerprint density at radius 3 is 2.36 bits per heavy atom. The van der Waals surface area contributed by atoms with E-state index < -0.39 is 40.9 Å². The summed E-state index contributed by atoms with van der Waals surface area (Å²) in [5.74, 6) is -4.94. The molecule has 1 aromatic heterocycles. The number of carbonyl (C=O) groups is 2. The van der Waals surface area contributed by atoms with Crippen LogP contribution in [0.5, 0.6) is 0 Å². The highest BCUT2D eigenvalue weighted by Gasteiger charge is 2.49. The first kappa shape index (κ1) is 20.9. The number of carbonyl (C=O) groups excluding carboxylic acids is 2. The number of aliphatic hydroxyl groups excluding tert-OH is 1. The average molecular weight is 466 g/mol. The summed E-state index contributed by atoms with van der Waals surface area (Å²) < 4.78 is 42.6. The highest BCUT2D eigenvalue weighted by Crippen LogP contribution is 2.45.